The van der Waals surface area contributed by atoms with E-state index >= 15 is 0 Å². The SMILES string of the molecule is CCN(CC)CCOc1ccc(C)cc1CNC(C)(C)C. The summed E-state index contributed by atoms with van der Waals surface area (Å²) < 4.78 is 6.01. The summed E-state index contributed by atoms with van der Waals surface area (Å²) in [6.45, 7) is 17.8. The van der Waals surface area contributed by atoms with Crippen LogP contribution in [0.1, 0.15) is 45.7 Å². The maximum atomic E-state index is 6.01. The van der Waals surface area contributed by atoms with E-state index in [1.165, 1.54) is 11.1 Å². The molecule has 0 unspecified atom stereocenters. The molecule has 3 heteroatoms. The summed E-state index contributed by atoms with van der Waals surface area (Å²) in [6.07, 6.45) is 0. The fourth-order valence-electron chi connectivity index (χ4n) is 2.17. The first-order valence-electron chi connectivity index (χ1n) is 8.05. The molecule has 0 saturated heterocycles. The summed E-state index contributed by atoms with van der Waals surface area (Å²) in [5.41, 5.74) is 2.63. The van der Waals surface area contributed by atoms with Crippen LogP contribution in [0.3, 0.4) is 0 Å². The van der Waals surface area contributed by atoms with Crippen molar-refractivity contribution in [2.45, 2.75) is 53.6 Å². The first-order valence-corrected chi connectivity index (χ1v) is 8.05. The summed E-state index contributed by atoms with van der Waals surface area (Å²) in [4.78, 5) is 2.38. The predicted molar refractivity (Wildman–Crippen MR) is 91.1 cm³/mol. The molecule has 0 fully saturated rings. The lowest BCUT2D eigenvalue weighted by atomic mass is 10.1. The minimum atomic E-state index is 0.113. The molecule has 0 heterocycles. The molecule has 1 N–H and O–H groups in total. The molecule has 0 spiro atoms. The van der Waals surface area contributed by atoms with Crippen molar-refractivity contribution < 1.29 is 4.74 Å². The summed E-state index contributed by atoms with van der Waals surface area (Å²) in [5.74, 6) is 1.00. The second-order valence-electron chi connectivity index (χ2n) is 6.59. The Labute approximate surface area is 130 Å². The third-order valence-corrected chi connectivity index (χ3v) is 3.58. The van der Waals surface area contributed by atoms with Gasteiger partial charge in [0.2, 0.25) is 0 Å². The van der Waals surface area contributed by atoms with Crippen LogP contribution in [0.2, 0.25) is 0 Å². The first-order chi connectivity index (χ1) is 9.85. The van der Waals surface area contributed by atoms with Crippen molar-refractivity contribution in [2.75, 3.05) is 26.2 Å². The Hall–Kier alpha value is -1.06. The predicted octanol–water partition coefficient (Wildman–Crippen LogP) is 3.60. The van der Waals surface area contributed by atoms with Crippen LogP contribution in [-0.4, -0.2) is 36.7 Å². The average Bonchev–Trinajstić information content (AvgIpc) is 2.42. The maximum Gasteiger partial charge on any atom is 0.123 e. The monoisotopic (exact) mass is 292 g/mol. The molecule has 1 aromatic carbocycles. The van der Waals surface area contributed by atoms with E-state index in [1.807, 2.05) is 0 Å². The molecule has 0 radical (unpaired) electrons. The molecule has 0 saturated carbocycles. The van der Waals surface area contributed by atoms with Gasteiger partial charge in [0.25, 0.3) is 0 Å². The zero-order valence-corrected chi connectivity index (χ0v) is 14.6. The number of likely N-dealkylation sites (N-methyl/N-ethyl adjacent to an activating group) is 1. The number of nitrogens with zero attached hydrogens (tertiary/aromatic N) is 1. The topological polar surface area (TPSA) is 24.5 Å². The van der Waals surface area contributed by atoms with Crippen molar-refractivity contribution in [3.8, 4) is 5.75 Å². The second kappa shape index (κ2) is 8.40. The molecule has 0 aliphatic carbocycles. The van der Waals surface area contributed by atoms with E-state index in [1.54, 1.807) is 0 Å². The molecular formula is C18H32N2O. The average molecular weight is 292 g/mol. The normalized spacial score (nSPS) is 12.0. The Bertz CT molecular complexity index is 420. The highest BCUT2D eigenvalue weighted by atomic mass is 16.5. The van der Waals surface area contributed by atoms with Crippen LogP contribution in [0.4, 0.5) is 0 Å². The van der Waals surface area contributed by atoms with E-state index in [4.69, 9.17) is 4.74 Å². The third-order valence-electron chi connectivity index (χ3n) is 3.58. The van der Waals surface area contributed by atoms with Gasteiger partial charge in [0.05, 0.1) is 0 Å². The van der Waals surface area contributed by atoms with Crippen molar-refractivity contribution in [1.82, 2.24) is 10.2 Å². The van der Waals surface area contributed by atoms with Crippen molar-refractivity contribution in [1.29, 1.82) is 0 Å². The lowest BCUT2D eigenvalue weighted by Gasteiger charge is -2.23. The van der Waals surface area contributed by atoms with Gasteiger partial charge in [-0.15, -0.1) is 0 Å². The van der Waals surface area contributed by atoms with Crippen LogP contribution in [-0.2, 0) is 6.54 Å². The quantitative estimate of drug-likeness (QED) is 0.792. The summed E-state index contributed by atoms with van der Waals surface area (Å²) in [7, 11) is 0. The molecule has 1 rings (SSSR count). The number of hydrogen-bond acceptors (Lipinski definition) is 3. The van der Waals surface area contributed by atoms with Gasteiger partial charge in [-0.1, -0.05) is 31.5 Å². The maximum absolute atomic E-state index is 6.01. The van der Waals surface area contributed by atoms with Gasteiger partial charge in [-0.2, -0.15) is 0 Å². The lowest BCUT2D eigenvalue weighted by molar-refractivity contribution is 0.221. The van der Waals surface area contributed by atoms with Gasteiger partial charge in [0, 0.05) is 24.2 Å². The molecule has 120 valence electrons. The minimum Gasteiger partial charge on any atom is -0.492 e. The highest BCUT2D eigenvalue weighted by Gasteiger charge is 2.11. The van der Waals surface area contributed by atoms with Crippen LogP contribution < -0.4 is 10.1 Å². The number of benzene rings is 1. The number of hydrogen-bond donors (Lipinski definition) is 1. The van der Waals surface area contributed by atoms with Gasteiger partial charge in [-0.05, 0) is 46.9 Å². The van der Waals surface area contributed by atoms with E-state index < -0.39 is 0 Å². The van der Waals surface area contributed by atoms with Gasteiger partial charge < -0.3 is 15.0 Å². The van der Waals surface area contributed by atoms with Crippen LogP contribution >= 0.6 is 0 Å². The molecule has 0 aromatic heterocycles. The molecule has 21 heavy (non-hydrogen) atoms. The van der Waals surface area contributed by atoms with Crippen LogP contribution in [0.25, 0.3) is 0 Å². The van der Waals surface area contributed by atoms with Crippen molar-refractivity contribution >= 4 is 0 Å². The molecule has 0 aliphatic heterocycles. The number of aryl methyl sites for hydroxylation is 1. The zero-order chi connectivity index (χ0) is 15.9. The Morgan fingerprint density at radius 3 is 2.38 bits per heavy atom. The molecule has 0 atom stereocenters. The fourth-order valence-corrected chi connectivity index (χ4v) is 2.17. The van der Waals surface area contributed by atoms with Gasteiger partial charge >= 0.3 is 0 Å². The highest BCUT2D eigenvalue weighted by Crippen LogP contribution is 2.21. The molecule has 0 amide bonds. The van der Waals surface area contributed by atoms with Crippen LogP contribution in [0, 0.1) is 6.92 Å². The zero-order valence-electron chi connectivity index (χ0n) is 14.6. The van der Waals surface area contributed by atoms with Gasteiger partial charge in [-0.3, -0.25) is 0 Å². The first kappa shape index (κ1) is 18.0. The number of rotatable bonds is 8. The smallest absolute Gasteiger partial charge is 0.123 e. The van der Waals surface area contributed by atoms with E-state index in [0.29, 0.717) is 0 Å². The highest BCUT2D eigenvalue weighted by molar-refractivity contribution is 5.37. The third kappa shape index (κ3) is 6.96. The lowest BCUT2D eigenvalue weighted by Crippen LogP contribution is -2.35. The van der Waals surface area contributed by atoms with Gasteiger partial charge in [-0.25, -0.2) is 0 Å². The van der Waals surface area contributed by atoms with Gasteiger partial charge in [0.1, 0.15) is 12.4 Å². The van der Waals surface area contributed by atoms with E-state index in [2.05, 4.69) is 70.0 Å². The minimum absolute atomic E-state index is 0.113. The Balaban J connectivity index is 2.64. The number of nitrogens with one attached hydrogen (secondary N) is 1. The van der Waals surface area contributed by atoms with E-state index in [9.17, 15) is 0 Å². The van der Waals surface area contributed by atoms with Crippen LogP contribution in [0.15, 0.2) is 18.2 Å². The van der Waals surface area contributed by atoms with Gasteiger partial charge in [0.15, 0.2) is 0 Å². The summed E-state index contributed by atoms with van der Waals surface area (Å²) in [5, 5.41) is 3.54. The Morgan fingerprint density at radius 2 is 1.81 bits per heavy atom. The Morgan fingerprint density at radius 1 is 1.14 bits per heavy atom. The Kier molecular flexibility index (Phi) is 7.20. The van der Waals surface area contributed by atoms with Crippen LogP contribution in [0.5, 0.6) is 5.75 Å². The van der Waals surface area contributed by atoms with Crippen molar-refractivity contribution in [3.63, 3.8) is 0 Å². The summed E-state index contributed by atoms with van der Waals surface area (Å²) >= 11 is 0. The molecule has 1 aromatic rings. The second-order valence-corrected chi connectivity index (χ2v) is 6.59. The standard InChI is InChI=1S/C18H32N2O/c1-7-20(8-2)11-12-21-17-10-9-15(3)13-16(17)14-19-18(4,5)6/h9-10,13,19H,7-8,11-12,14H2,1-6H3. The molecule has 3 nitrogen and oxygen atoms in total. The largest absolute Gasteiger partial charge is 0.492 e. The molecular weight excluding hydrogens is 260 g/mol. The van der Waals surface area contributed by atoms with Crippen molar-refractivity contribution in [3.05, 3.63) is 29.3 Å². The number of ether oxygens (including phenoxy) is 1. The van der Waals surface area contributed by atoms with Crippen molar-refractivity contribution in [2.24, 2.45) is 0 Å². The molecule has 0 bridgehead atoms. The molecule has 0 aliphatic rings. The van der Waals surface area contributed by atoms with E-state index in [-0.39, 0.29) is 5.54 Å². The summed E-state index contributed by atoms with van der Waals surface area (Å²) in [6, 6.07) is 6.43. The fraction of sp³-hybridized carbons (Fsp3) is 0.667. The van der Waals surface area contributed by atoms with E-state index in [0.717, 1.165) is 38.5 Å².